The number of hydrogen-bond donors (Lipinski definition) is 1. The average Bonchev–Trinajstić information content (AvgIpc) is 3.16. The van der Waals surface area contributed by atoms with Crippen molar-refractivity contribution in [3.63, 3.8) is 0 Å². The molecule has 166 valence electrons. The van der Waals surface area contributed by atoms with Gasteiger partial charge in [-0.25, -0.2) is 10.2 Å². The largest absolute Gasteiger partial charge is 0.497 e. The van der Waals surface area contributed by atoms with Crippen molar-refractivity contribution in [3.8, 4) is 11.5 Å². The Bertz CT molecular complexity index is 1360. The van der Waals surface area contributed by atoms with Gasteiger partial charge in [0.1, 0.15) is 16.4 Å². The number of halogens is 1. The minimum Gasteiger partial charge on any atom is -0.497 e. The summed E-state index contributed by atoms with van der Waals surface area (Å²) in [5.41, 5.74) is 4.75. The maximum Gasteiger partial charge on any atom is 0.355 e. The van der Waals surface area contributed by atoms with E-state index in [-0.39, 0.29) is 5.91 Å². The number of methoxy groups -OCH3 is 1. The minimum absolute atomic E-state index is 0.293. The van der Waals surface area contributed by atoms with Gasteiger partial charge in [0.2, 0.25) is 0 Å². The van der Waals surface area contributed by atoms with Crippen LogP contribution in [0.3, 0.4) is 0 Å². The Morgan fingerprint density at radius 1 is 1.03 bits per heavy atom. The molecule has 0 unspecified atom stereocenters. The summed E-state index contributed by atoms with van der Waals surface area (Å²) in [4.78, 5) is 25.1. The van der Waals surface area contributed by atoms with E-state index in [2.05, 4.69) is 10.5 Å². The summed E-state index contributed by atoms with van der Waals surface area (Å²) in [6.07, 6.45) is 1.51. The second-order valence-electron chi connectivity index (χ2n) is 7.13. The summed E-state index contributed by atoms with van der Waals surface area (Å²) in [6.45, 7) is 1.92. The van der Waals surface area contributed by atoms with Crippen LogP contribution < -0.4 is 14.9 Å². The zero-order valence-corrected chi connectivity index (χ0v) is 19.4. The Morgan fingerprint density at radius 2 is 1.79 bits per heavy atom. The number of nitrogens with zero attached hydrogens (tertiary/aromatic N) is 1. The van der Waals surface area contributed by atoms with Gasteiger partial charge in [-0.05, 0) is 67.1 Å². The molecule has 4 rings (SSSR count). The standard InChI is InChI=1S/C25H19ClN2O4S/c1-15-4-3-5-17(12-15)24(29)28-27-14-16-6-8-18(9-7-16)32-25(30)23-22(26)20-11-10-19(31-2)13-21(20)33-23/h3-14H,1-2H3,(H,28,29). The summed E-state index contributed by atoms with van der Waals surface area (Å²) < 4.78 is 11.5. The number of thiophene rings is 1. The van der Waals surface area contributed by atoms with Gasteiger partial charge < -0.3 is 9.47 Å². The predicted octanol–water partition coefficient (Wildman–Crippen LogP) is 5.85. The van der Waals surface area contributed by atoms with Crippen molar-refractivity contribution in [2.75, 3.05) is 7.11 Å². The summed E-state index contributed by atoms with van der Waals surface area (Å²) in [5, 5.41) is 5.11. The zero-order valence-electron chi connectivity index (χ0n) is 17.8. The van der Waals surface area contributed by atoms with Crippen LogP contribution >= 0.6 is 22.9 Å². The number of hydrogen-bond acceptors (Lipinski definition) is 6. The quantitative estimate of drug-likeness (QED) is 0.163. The smallest absolute Gasteiger partial charge is 0.355 e. The third-order valence-corrected chi connectivity index (χ3v) is 6.41. The van der Waals surface area contributed by atoms with Crippen molar-refractivity contribution in [1.82, 2.24) is 5.43 Å². The zero-order chi connectivity index (χ0) is 23.4. The van der Waals surface area contributed by atoms with Crippen molar-refractivity contribution in [1.29, 1.82) is 0 Å². The molecule has 0 atom stereocenters. The Kier molecular flexibility index (Phi) is 6.72. The van der Waals surface area contributed by atoms with Crippen LogP contribution in [0, 0.1) is 6.92 Å². The number of aryl methyl sites for hydroxylation is 1. The number of fused-ring (bicyclic) bond motifs is 1. The molecule has 0 radical (unpaired) electrons. The van der Waals surface area contributed by atoms with Crippen LogP contribution in [0.2, 0.25) is 5.02 Å². The van der Waals surface area contributed by atoms with Gasteiger partial charge in [0, 0.05) is 15.6 Å². The van der Waals surface area contributed by atoms with Crippen molar-refractivity contribution in [2.24, 2.45) is 5.10 Å². The van der Waals surface area contributed by atoms with Crippen LogP contribution in [0.15, 0.2) is 71.8 Å². The monoisotopic (exact) mass is 478 g/mol. The molecule has 1 N–H and O–H groups in total. The highest BCUT2D eigenvalue weighted by atomic mass is 35.5. The molecule has 6 nitrogen and oxygen atoms in total. The number of carbonyl (C=O) groups excluding carboxylic acids is 2. The molecule has 0 fully saturated rings. The number of esters is 1. The Balaban J connectivity index is 1.40. The van der Waals surface area contributed by atoms with E-state index in [0.29, 0.717) is 27.0 Å². The molecule has 0 aliphatic carbocycles. The lowest BCUT2D eigenvalue weighted by molar-refractivity contribution is 0.0739. The molecule has 8 heteroatoms. The fourth-order valence-corrected chi connectivity index (χ4v) is 4.51. The summed E-state index contributed by atoms with van der Waals surface area (Å²) in [6, 6.07) is 19.4. The molecule has 0 saturated carbocycles. The van der Waals surface area contributed by atoms with Crippen LogP contribution in [-0.4, -0.2) is 25.2 Å². The molecule has 1 aromatic heterocycles. The maximum absolute atomic E-state index is 12.6. The predicted molar refractivity (Wildman–Crippen MR) is 131 cm³/mol. The van der Waals surface area contributed by atoms with Gasteiger partial charge in [0.25, 0.3) is 5.91 Å². The number of hydrazone groups is 1. The number of nitrogens with one attached hydrogen (secondary N) is 1. The number of carbonyl (C=O) groups is 2. The van der Waals surface area contributed by atoms with E-state index in [4.69, 9.17) is 21.1 Å². The fraction of sp³-hybridized carbons (Fsp3) is 0.0800. The van der Waals surface area contributed by atoms with Gasteiger partial charge >= 0.3 is 5.97 Å². The van der Waals surface area contributed by atoms with Gasteiger partial charge in [-0.1, -0.05) is 29.3 Å². The van der Waals surface area contributed by atoms with E-state index in [9.17, 15) is 9.59 Å². The van der Waals surface area contributed by atoms with E-state index in [1.807, 2.05) is 31.2 Å². The highest BCUT2D eigenvalue weighted by Gasteiger charge is 2.19. The first-order valence-corrected chi connectivity index (χ1v) is 11.1. The highest BCUT2D eigenvalue weighted by Crippen LogP contribution is 2.37. The molecule has 4 aromatic rings. The molecular formula is C25H19ClN2O4S. The average molecular weight is 479 g/mol. The van der Waals surface area contributed by atoms with Gasteiger partial charge in [0.05, 0.1) is 18.3 Å². The third kappa shape index (κ3) is 5.22. The van der Waals surface area contributed by atoms with E-state index < -0.39 is 5.97 Å². The van der Waals surface area contributed by atoms with Crippen molar-refractivity contribution in [2.45, 2.75) is 6.92 Å². The fourth-order valence-electron chi connectivity index (χ4n) is 3.10. The van der Waals surface area contributed by atoms with Crippen molar-refractivity contribution < 1.29 is 19.1 Å². The van der Waals surface area contributed by atoms with E-state index >= 15 is 0 Å². The second-order valence-corrected chi connectivity index (χ2v) is 8.56. The Morgan fingerprint density at radius 3 is 2.52 bits per heavy atom. The lowest BCUT2D eigenvalue weighted by Crippen LogP contribution is -2.17. The topological polar surface area (TPSA) is 77.0 Å². The SMILES string of the molecule is COc1ccc2c(Cl)c(C(=O)Oc3ccc(C=NNC(=O)c4cccc(C)c4)cc3)sc2c1. The Hall–Kier alpha value is -3.68. The molecule has 3 aromatic carbocycles. The molecule has 0 spiro atoms. The number of amides is 1. The normalized spacial score (nSPS) is 11.0. The van der Waals surface area contributed by atoms with Crippen LogP contribution in [0.4, 0.5) is 0 Å². The van der Waals surface area contributed by atoms with Crippen LogP contribution in [0.1, 0.15) is 31.2 Å². The van der Waals surface area contributed by atoms with E-state index in [1.165, 1.54) is 17.6 Å². The van der Waals surface area contributed by atoms with Crippen molar-refractivity contribution >= 4 is 51.1 Å². The van der Waals surface area contributed by atoms with E-state index in [0.717, 1.165) is 21.2 Å². The first kappa shape index (κ1) is 22.5. The Labute approximate surface area is 199 Å². The minimum atomic E-state index is -0.535. The van der Waals surface area contributed by atoms with Crippen LogP contribution in [-0.2, 0) is 0 Å². The van der Waals surface area contributed by atoms with Gasteiger partial charge in [-0.15, -0.1) is 11.3 Å². The summed E-state index contributed by atoms with van der Waals surface area (Å²) >= 11 is 7.64. The first-order valence-electron chi connectivity index (χ1n) is 9.93. The van der Waals surface area contributed by atoms with Crippen molar-refractivity contribution in [3.05, 3.63) is 93.3 Å². The maximum atomic E-state index is 12.6. The molecule has 0 saturated heterocycles. The molecule has 0 aliphatic rings. The third-order valence-electron chi connectivity index (χ3n) is 4.77. The first-order chi connectivity index (χ1) is 15.9. The number of benzene rings is 3. The summed E-state index contributed by atoms with van der Waals surface area (Å²) in [5.74, 6) is 0.227. The second kappa shape index (κ2) is 9.85. The van der Waals surface area contributed by atoms with E-state index in [1.54, 1.807) is 49.6 Å². The summed E-state index contributed by atoms with van der Waals surface area (Å²) in [7, 11) is 1.58. The molecular weight excluding hydrogens is 460 g/mol. The number of rotatable bonds is 6. The molecule has 1 amide bonds. The van der Waals surface area contributed by atoms with Gasteiger partial charge in [-0.3, -0.25) is 4.79 Å². The molecule has 0 bridgehead atoms. The number of ether oxygens (including phenoxy) is 2. The van der Waals surface area contributed by atoms with Crippen LogP contribution in [0.5, 0.6) is 11.5 Å². The molecule has 33 heavy (non-hydrogen) atoms. The van der Waals surface area contributed by atoms with Gasteiger partial charge in [-0.2, -0.15) is 5.10 Å². The lowest BCUT2D eigenvalue weighted by atomic mass is 10.1. The highest BCUT2D eigenvalue weighted by molar-refractivity contribution is 7.21. The molecule has 1 heterocycles. The van der Waals surface area contributed by atoms with Crippen LogP contribution in [0.25, 0.3) is 10.1 Å². The lowest BCUT2D eigenvalue weighted by Gasteiger charge is -2.04. The molecule has 0 aliphatic heterocycles. The van der Waals surface area contributed by atoms with Gasteiger partial charge in [0.15, 0.2) is 0 Å².